The van der Waals surface area contributed by atoms with Crippen molar-refractivity contribution in [2.45, 2.75) is 33.1 Å². The minimum absolute atomic E-state index is 0.0415. The van der Waals surface area contributed by atoms with Gasteiger partial charge in [0.25, 0.3) is 0 Å². The van der Waals surface area contributed by atoms with Gasteiger partial charge in [-0.2, -0.15) is 0 Å². The van der Waals surface area contributed by atoms with E-state index in [0.29, 0.717) is 0 Å². The molecule has 1 aromatic heterocycles. The molecular formula is C28H25N. The summed E-state index contributed by atoms with van der Waals surface area (Å²) < 4.78 is 0. The average molecular weight is 376 g/mol. The number of hydrogen-bond acceptors (Lipinski definition) is 1. The van der Waals surface area contributed by atoms with Crippen LogP contribution in [0.4, 0.5) is 0 Å². The minimum atomic E-state index is -0.0415. The van der Waals surface area contributed by atoms with Crippen LogP contribution in [0.15, 0.2) is 79.0 Å². The number of pyridine rings is 1. The highest BCUT2D eigenvalue weighted by molar-refractivity contribution is 5.88. The van der Waals surface area contributed by atoms with Crippen LogP contribution in [0, 0.1) is 13.8 Å². The Morgan fingerprint density at radius 2 is 1.34 bits per heavy atom. The van der Waals surface area contributed by atoms with E-state index in [1.54, 1.807) is 0 Å². The van der Waals surface area contributed by atoms with Gasteiger partial charge in [0.1, 0.15) is 0 Å². The first kappa shape index (κ1) is 17.9. The molecule has 1 aliphatic rings. The SMILES string of the molecule is Cc1cc(C)cc(-c2ccnc(-c3cccc4c3C(C)(C)c3ccccc3-4)c2)c1. The molecule has 142 valence electrons. The summed E-state index contributed by atoms with van der Waals surface area (Å²) in [6, 6.07) is 26.5. The standard InChI is InChI=1S/C28H25N/c1-18-14-19(2)16-21(15-18)20-12-13-29-26(17-20)24-10-7-9-23-22-8-5-6-11-25(22)28(3,4)27(23)24/h5-17H,1-4H3. The molecule has 1 heteroatoms. The van der Waals surface area contributed by atoms with Crippen LogP contribution < -0.4 is 0 Å². The van der Waals surface area contributed by atoms with Crippen LogP contribution in [0.2, 0.25) is 0 Å². The zero-order chi connectivity index (χ0) is 20.2. The molecule has 0 amide bonds. The van der Waals surface area contributed by atoms with E-state index in [4.69, 9.17) is 4.98 Å². The fourth-order valence-corrected chi connectivity index (χ4v) is 4.96. The monoisotopic (exact) mass is 375 g/mol. The summed E-state index contributed by atoms with van der Waals surface area (Å²) in [5.41, 5.74) is 12.7. The van der Waals surface area contributed by atoms with E-state index in [0.717, 1.165) is 5.69 Å². The number of aryl methyl sites for hydroxylation is 2. The first-order chi connectivity index (χ1) is 13.9. The highest BCUT2D eigenvalue weighted by Crippen LogP contribution is 2.51. The molecule has 29 heavy (non-hydrogen) atoms. The zero-order valence-electron chi connectivity index (χ0n) is 17.5. The van der Waals surface area contributed by atoms with E-state index in [2.05, 4.69) is 100 Å². The molecule has 0 bridgehead atoms. The van der Waals surface area contributed by atoms with Gasteiger partial charge < -0.3 is 0 Å². The molecule has 0 radical (unpaired) electrons. The van der Waals surface area contributed by atoms with Crippen LogP contribution in [0.3, 0.4) is 0 Å². The lowest BCUT2D eigenvalue weighted by molar-refractivity contribution is 0.662. The van der Waals surface area contributed by atoms with E-state index < -0.39 is 0 Å². The van der Waals surface area contributed by atoms with Crippen molar-refractivity contribution >= 4 is 0 Å². The van der Waals surface area contributed by atoms with Gasteiger partial charge in [0.15, 0.2) is 0 Å². The van der Waals surface area contributed by atoms with E-state index in [-0.39, 0.29) is 5.41 Å². The van der Waals surface area contributed by atoms with Gasteiger partial charge in [-0.3, -0.25) is 4.98 Å². The Hall–Kier alpha value is -3.19. The molecule has 0 atom stereocenters. The molecule has 0 saturated heterocycles. The smallest absolute Gasteiger partial charge is 0.0711 e. The third-order valence-electron chi connectivity index (χ3n) is 6.17. The molecular weight excluding hydrogens is 350 g/mol. The van der Waals surface area contributed by atoms with Gasteiger partial charge in [-0.1, -0.05) is 85.6 Å². The van der Waals surface area contributed by atoms with Crippen molar-refractivity contribution in [3.63, 3.8) is 0 Å². The van der Waals surface area contributed by atoms with Crippen molar-refractivity contribution in [3.05, 3.63) is 101 Å². The van der Waals surface area contributed by atoms with Crippen LogP contribution in [0.1, 0.15) is 36.1 Å². The first-order valence-electron chi connectivity index (χ1n) is 10.2. The molecule has 3 aromatic carbocycles. The Morgan fingerprint density at radius 3 is 2.14 bits per heavy atom. The maximum absolute atomic E-state index is 4.79. The minimum Gasteiger partial charge on any atom is -0.256 e. The summed E-state index contributed by atoms with van der Waals surface area (Å²) in [5.74, 6) is 0. The second-order valence-corrected chi connectivity index (χ2v) is 8.70. The number of benzene rings is 3. The number of aromatic nitrogens is 1. The number of hydrogen-bond donors (Lipinski definition) is 0. The molecule has 4 aromatic rings. The zero-order valence-corrected chi connectivity index (χ0v) is 17.5. The summed E-state index contributed by atoms with van der Waals surface area (Å²) >= 11 is 0. The van der Waals surface area contributed by atoms with E-state index in [1.165, 1.54) is 50.1 Å². The van der Waals surface area contributed by atoms with Crippen molar-refractivity contribution in [3.8, 4) is 33.5 Å². The molecule has 1 heterocycles. The predicted octanol–water partition coefficient (Wildman–Crippen LogP) is 7.34. The van der Waals surface area contributed by atoms with Crippen LogP contribution in [0.25, 0.3) is 33.5 Å². The third-order valence-corrected chi connectivity index (χ3v) is 6.17. The summed E-state index contributed by atoms with van der Waals surface area (Å²) in [4.78, 5) is 4.79. The molecule has 1 nitrogen and oxygen atoms in total. The second-order valence-electron chi connectivity index (χ2n) is 8.70. The van der Waals surface area contributed by atoms with Gasteiger partial charge in [-0.05, 0) is 59.4 Å². The lowest BCUT2D eigenvalue weighted by atomic mass is 9.79. The molecule has 0 saturated carbocycles. The number of rotatable bonds is 2. The van der Waals surface area contributed by atoms with Gasteiger partial charge in [-0.15, -0.1) is 0 Å². The van der Waals surface area contributed by atoms with Crippen molar-refractivity contribution in [1.82, 2.24) is 4.98 Å². The fraction of sp³-hybridized carbons (Fsp3) is 0.179. The quantitative estimate of drug-likeness (QED) is 0.357. The first-order valence-corrected chi connectivity index (χ1v) is 10.2. The van der Waals surface area contributed by atoms with Crippen LogP contribution in [-0.2, 0) is 5.41 Å². The molecule has 5 rings (SSSR count). The Labute approximate surface area is 173 Å². The van der Waals surface area contributed by atoms with Gasteiger partial charge in [0, 0.05) is 17.2 Å². The highest BCUT2D eigenvalue weighted by Gasteiger charge is 2.37. The van der Waals surface area contributed by atoms with E-state index >= 15 is 0 Å². The summed E-state index contributed by atoms with van der Waals surface area (Å²) in [5, 5.41) is 0. The van der Waals surface area contributed by atoms with E-state index in [1.807, 2.05) is 6.20 Å². The maximum Gasteiger partial charge on any atom is 0.0711 e. The molecule has 0 N–H and O–H groups in total. The number of nitrogens with zero attached hydrogens (tertiary/aromatic N) is 1. The second kappa shape index (κ2) is 6.42. The highest BCUT2D eigenvalue weighted by atomic mass is 14.7. The summed E-state index contributed by atoms with van der Waals surface area (Å²) in [6.07, 6.45) is 1.94. The molecule has 0 fully saturated rings. The van der Waals surface area contributed by atoms with Gasteiger partial charge in [0.2, 0.25) is 0 Å². The predicted molar refractivity (Wildman–Crippen MR) is 122 cm³/mol. The molecule has 0 aliphatic heterocycles. The number of fused-ring (bicyclic) bond motifs is 3. The summed E-state index contributed by atoms with van der Waals surface area (Å²) in [6.45, 7) is 8.97. The van der Waals surface area contributed by atoms with Crippen molar-refractivity contribution in [2.75, 3.05) is 0 Å². The van der Waals surface area contributed by atoms with Gasteiger partial charge in [-0.25, -0.2) is 0 Å². The normalized spacial score (nSPS) is 13.8. The van der Waals surface area contributed by atoms with Crippen molar-refractivity contribution < 1.29 is 0 Å². The third kappa shape index (κ3) is 2.81. The van der Waals surface area contributed by atoms with Crippen molar-refractivity contribution in [2.24, 2.45) is 0 Å². The molecule has 0 spiro atoms. The fourth-order valence-electron chi connectivity index (χ4n) is 4.96. The van der Waals surface area contributed by atoms with Crippen LogP contribution in [0.5, 0.6) is 0 Å². The Balaban J connectivity index is 1.70. The van der Waals surface area contributed by atoms with Gasteiger partial charge >= 0.3 is 0 Å². The average Bonchev–Trinajstić information content (AvgIpc) is 2.95. The molecule has 1 aliphatic carbocycles. The van der Waals surface area contributed by atoms with E-state index in [9.17, 15) is 0 Å². The van der Waals surface area contributed by atoms with Gasteiger partial charge in [0.05, 0.1) is 5.69 Å². The van der Waals surface area contributed by atoms with Crippen molar-refractivity contribution in [1.29, 1.82) is 0 Å². The Bertz CT molecular complexity index is 1230. The summed E-state index contributed by atoms with van der Waals surface area (Å²) in [7, 11) is 0. The largest absolute Gasteiger partial charge is 0.256 e. The topological polar surface area (TPSA) is 12.9 Å². The van der Waals surface area contributed by atoms with Crippen LogP contribution >= 0.6 is 0 Å². The lowest BCUT2D eigenvalue weighted by Crippen LogP contribution is -2.16. The Kier molecular flexibility index (Phi) is 3.96. The Morgan fingerprint density at radius 1 is 0.655 bits per heavy atom. The van der Waals surface area contributed by atoms with Crippen LogP contribution in [-0.4, -0.2) is 4.98 Å². The maximum atomic E-state index is 4.79. The lowest BCUT2D eigenvalue weighted by Gasteiger charge is -2.24. The molecule has 0 unspecified atom stereocenters.